The predicted molar refractivity (Wildman–Crippen MR) is 134 cm³/mol. The number of halogens is 1. The maximum Gasteiger partial charge on any atom is 0.352 e. The molecule has 0 unspecified atom stereocenters. The number of anilines is 1. The average Bonchev–Trinajstić information content (AvgIpc) is 3.11. The molecule has 0 fully saturated rings. The van der Waals surface area contributed by atoms with E-state index in [9.17, 15) is 19.2 Å². The van der Waals surface area contributed by atoms with Crippen LogP contribution in [0.1, 0.15) is 25.8 Å². The van der Waals surface area contributed by atoms with Crippen LogP contribution >= 0.6 is 11.6 Å². The number of amides is 2. The summed E-state index contributed by atoms with van der Waals surface area (Å²) in [5, 5.41) is 10.6. The third-order valence-corrected chi connectivity index (χ3v) is 5.85. The molecule has 11 heteroatoms. The van der Waals surface area contributed by atoms with Crippen molar-refractivity contribution in [3.63, 3.8) is 0 Å². The Kier molecular flexibility index (Phi) is 6.74. The molecule has 0 saturated heterocycles. The summed E-state index contributed by atoms with van der Waals surface area (Å²) in [6.45, 7) is 5.18. The first-order chi connectivity index (χ1) is 16.7. The van der Waals surface area contributed by atoms with E-state index in [0.29, 0.717) is 21.6 Å². The van der Waals surface area contributed by atoms with Gasteiger partial charge in [-0.05, 0) is 50.6 Å². The number of benzene rings is 2. The lowest BCUT2D eigenvalue weighted by atomic mass is 10.2. The highest BCUT2D eigenvalue weighted by atomic mass is 35.5. The van der Waals surface area contributed by atoms with Gasteiger partial charge < -0.3 is 10.6 Å². The Balaban J connectivity index is 1.72. The molecule has 4 rings (SSSR count). The number of aromatic nitrogens is 4. The molecule has 182 valence electrons. The van der Waals surface area contributed by atoms with Crippen molar-refractivity contribution in [2.75, 3.05) is 5.32 Å². The maximum atomic E-state index is 13.2. The molecule has 10 nitrogen and oxygen atoms in total. The van der Waals surface area contributed by atoms with Crippen LogP contribution in [0.2, 0.25) is 5.02 Å². The molecule has 0 aliphatic carbocycles. The van der Waals surface area contributed by atoms with Gasteiger partial charge in [0.1, 0.15) is 6.54 Å². The van der Waals surface area contributed by atoms with Crippen molar-refractivity contribution in [1.29, 1.82) is 0 Å². The number of nitrogens with zero attached hydrogens (tertiary/aromatic N) is 4. The molecule has 2 aromatic heterocycles. The van der Waals surface area contributed by atoms with Crippen molar-refractivity contribution >= 4 is 45.8 Å². The molecule has 0 bridgehead atoms. The summed E-state index contributed by atoms with van der Waals surface area (Å²) in [5.41, 5.74) is 0.779. The number of hydrogen-bond donors (Lipinski definition) is 2. The minimum atomic E-state index is -0.575. The van der Waals surface area contributed by atoms with Gasteiger partial charge in [0.05, 0.1) is 10.9 Å². The van der Waals surface area contributed by atoms with Crippen LogP contribution in [0.15, 0.2) is 52.1 Å². The predicted octanol–water partition coefficient (Wildman–Crippen LogP) is 2.33. The Morgan fingerprint density at radius 3 is 2.54 bits per heavy atom. The smallest absolute Gasteiger partial charge is 0.352 e. The van der Waals surface area contributed by atoms with Crippen LogP contribution in [-0.2, 0) is 22.7 Å². The topological polar surface area (TPSA) is 120 Å². The Bertz CT molecular complexity index is 1570. The zero-order valence-electron chi connectivity index (χ0n) is 19.5. The first kappa shape index (κ1) is 24.2. The molecule has 4 aromatic rings. The van der Waals surface area contributed by atoms with E-state index < -0.39 is 11.6 Å². The largest absolute Gasteiger partial charge is 0.354 e. The van der Waals surface area contributed by atoms with E-state index in [0.717, 1.165) is 10.2 Å². The highest BCUT2D eigenvalue weighted by Gasteiger charge is 2.19. The van der Waals surface area contributed by atoms with Gasteiger partial charge in [-0.15, -0.1) is 5.10 Å². The van der Waals surface area contributed by atoms with E-state index in [2.05, 4.69) is 15.7 Å². The van der Waals surface area contributed by atoms with Gasteiger partial charge in [-0.1, -0.05) is 29.8 Å². The highest BCUT2D eigenvalue weighted by Crippen LogP contribution is 2.20. The zero-order chi connectivity index (χ0) is 25.3. The summed E-state index contributed by atoms with van der Waals surface area (Å²) in [4.78, 5) is 51.3. The normalized spacial score (nSPS) is 11.3. The van der Waals surface area contributed by atoms with Gasteiger partial charge in [-0.2, -0.15) is 0 Å². The number of para-hydroxylation sites is 1. The van der Waals surface area contributed by atoms with Crippen molar-refractivity contribution in [2.45, 2.75) is 46.3 Å². The van der Waals surface area contributed by atoms with Crippen molar-refractivity contribution in [1.82, 2.24) is 24.1 Å². The minimum absolute atomic E-state index is 0.0240. The summed E-state index contributed by atoms with van der Waals surface area (Å²) in [6, 6.07) is 11.7. The van der Waals surface area contributed by atoms with Gasteiger partial charge >= 0.3 is 5.69 Å². The molecule has 0 spiro atoms. The number of carbonyl (C=O) groups is 2. The molecule has 2 heterocycles. The second-order valence-electron chi connectivity index (χ2n) is 8.53. The van der Waals surface area contributed by atoms with Gasteiger partial charge in [0.2, 0.25) is 17.6 Å². The van der Waals surface area contributed by atoms with Crippen LogP contribution in [0.25, 0.3) is 16.7 Å². The van der Waals surface area contributed by atoms with Crippen molar-refractivity contribution < 1.29 is 9.59 Å². The van der Waals surface area contributed by atoms with E-state index in [1.807, 2.05) is 20.8 Å². The lowest BCUT2D eigenvalue weighted by Crippen LogP contribution is -2.33. The first-order valence-corrected chi connectivity index (χ1v) is 11.5. The first-order valence-electron chi connectivity index (χ1n) is 11.1. The lowest BCUT2D eigenvalue weighted by molar-refractivity contribution is -0.121. The lowest BCUT2D eigenvalue weighted by Gasteiger charge is -2.11. The van der Waals surface area contributed by atoms with Gasteiger partial charge in [0.25, 0.3) is 5.56 Å². The highest BCUT2D eigenvalue weighted by molar-refractivity contribution is 6.31. The molecule has 0 saturated carbocycles. The van der Waals surface area contributed by atoms with E-state index in [-0.39, 0.29) is 42.8 Å². The minimum Gasteiger partial charge on any atom is -0.354 e. The number of nitrogens with one attached hydrogen (secondary N) is 2. The fourth-order valence-corrected chi connectivity index (χ4v) is 3.97. The third kappa shape index (κ3) is 4.97. The Labute approximate surface area is 205 Å². The van der Waals surface area contributed by atoms with Crippen molar-refractivity contribution in [2.24, 2.45) is 0 Å². The van der Waals surface area contributed by atoms with Gasteiger partial charge in [0.15, 0.2) is 0 Å². The second-order valence-corrected chi connectivity index (χ2v) is 8.94. The second kappa shape index (κ2) is 9.75. The molecule has 35 heavy (non-hydrogen) atoms. The van der Waals surface area contributed by atoms with Crippen LogP contribution in [0.5, 0.6) is 0 Å². The average molecular weight is 497 g/mol. The summed E-state index contributed by atoms with van der Waals surface area (Å²) >= 11 is 6.12. The number of rotatable bonds is 7. The van der Waals surface area contributed by atoms with Gasteiger partial charge in [-0.25, -0.2) is 13.9 Å². The quantitative estimate of drug-likeness (QED) is 0.407. The maximum absolute atomic E-state index is 13.2. The van der Waals surface area contributed by atoms with Crippen LogP contribution in [0, 0.1) is 6.92 Å². The summed E-state index contributed by atoms with van der Waals surface area (Å²) in [5.74, 6) is -0.650. The molecule has 0 aliphatic heterocycles. The number of fused-ring (bicyclic) bond motifs is 3. The number of aryl methyl sites for hydroxylation is 2. The molecule has 2 N–H and O–H groups in total. The number of carbonyl (C=O) groups excluding carboxylic acids is 2. The van der Waals surface area contributed by atoms with Crippen LogP contribution < -0.4 is 21.9 Å². The summed E-state index contributed by atoms with van der Waals surface area (Å²) in [7, 11) is 0. The Morgan fingerprint density at radius 1 is 1.09 bits per heavy atom. The zero-order valence-corrected chi connectivity index (χ0v) is 20.3. The summed E-state index contributed by atoms with van der Waals surface area (Å²) < 4.78 is 3.57. The van der Waals surface area contributed by atoms with Crippen molar-refractivity contribution in [3.05, 3.63) is 73.9 Å². The Hall–Kier alpha value is -3.92. The molecule has 0 radical (unpaired) electrons. The molecule has 0 atom stereocenters. The van der Waals surface area contributed by atoms with E-state index >= 15 is 0 Å². The van der Waals surface area contributed by atoms with Crippen LogP contribution in [-0.4, -0.2) is 36.6 Å². The molecule has 0 aliphatic rings. The van der Waals surface area contributed by atoms with E-state index in [1.54, 1.807) is 42.5 Å². The van der Waals surface area contributed by atoms with E-state index in [1.165, 1.54) is 8.97 Å². The van der Waals surface area contributed by atoms with Gasteiger partial charge in [0, 0.05) is 29.7 Å². The number of hydrogen-bond acceptors (Lipinski definition) is 5. The van der Waals surface area contributed by atoms with Gasteiger partial charge in [-0.3, -0.25) is 19.0 Å². The third-order valence-electron chi connectivity index (χ3n) is 5.45. The van der Waals surface area contributed by atoms with Crippen molar-refractivity contribution in [3.8, 4) is 0 Å². The monoisotopic (exact) mass is 496 g/mol. The molecular weight excluding hydrogens is 472 g/mol. The fraction of sp³-hybridized carbons (Fsp3) is 0.292. The molecule has 2 amide bonds. The van der Waals surface area contributed by atoms with E-state index in [4.69, 9.17) is 11.6 Å². The fourth-order valence-electron chi connectivity index (χ4n) is 3.79. The molecule has 2 aromatic carbocycles. The molecular formula is C24H25ClN6O4. The standard InChI is InChI=1S/C24H25ClN6O4/c1-14(2)26-20(32)10-11-29-22(34)17-6-4-5-7-19(17)31-23(29)28-30(24(31)35)13-21(33)27-16-9-8-15(3)18(25)12-16/h4-9,12,14H,10-11,13H2,1-3H3,(H,26,32)(H,27,33). The van der Waals surface area contributed by atoms with Crippen LogP contribution in [0.3, 0.4) is 0 Å². The summed E-state index contributed by atoms with van der Waals surface area (Å²) in [6.07, 6.45) is 0.0296. The Morgan fingerprint density at radius 2 is 1.83 bits per heavy atom. The van der Waals surface area contributed by atoms with Crippen LogP contribution in [0.4, 0.5) is 5.69 Å². The SMILES string of the molecule is Cc1ccc(NC(=O)Cn2nc3n(CCC(=O)NC(C)C)c(=O)c4ccccc4n3c2=O)cc1Cl.